The highest BCUT2D eigenvalue weighted by Gasteiger charge is 2.23. The van der Waals surface area contributed by atoms with Crippen molar-refractivity contribution >= 4 is 10.2 Å². The molecule has 0 spiro atoms. The lowest BCUT2D eigenvalue weighted by Crippen LogP contribution is -2.06. The fourth-order valence-corrected chi connectivity index (χ4v) is 2.13. The first-order valence-corrected chi connectivity index (χ1v) is 6.19. The quantitative estimate of drug-likeness (QED) is 0.732. The molecule has 0 saturated carbocycles. The summed E-state index contributed by atoms with van der Waals surface area (Å²) in [5.74, 6) is 0. The van der Waals surface area contributed by atoms with E-state index in [1.54, 1.807) is 13.0 Å². The molecule has 0 aliphatic rings. The second-order valence-corrected chi connectivity index (χ2v) is 5.57. The molecule has 0 aliphatic heterocycles. The molecule has 1 aromatic rings. The van der Waals surface area contributed by atoms with Gasteiger partial charge in [-0.15, -0.1) is 3.89 Å². The Morgan fingerprint density at radius 3 is 2.00 bits per heavy atom. The highest BCUT2D eigenvalue weighted by molar-refractivity contribution is 7.86. The number of benzene rings is 1. The molecule has 1 unspecified atom stereocenters. The van der Waals surface area contributed by atoms with Crippen LogP contribution in [-0.4, -0.2) is 8.42 Å². The zero-order valence-electron chi connectivity index (χ0n) is 9.33. The molecule has 0 heterocycles. The maximum atomic E-state index is 12.9. The molecule has 0 saturated heterocycles. The largest absolute Gasteiger partial charge is 0.309 e. The molecule has 1 rings (SSSR count). The Morgan fingerprint density at radius 1 is 1.07 bits per heavy atom. The third-order valence-corrected chi connectivity index (χ3v) is 3.84. The first kappa shape index (κ1) is 12.2. The lowest BCUT2D eigenvalue weighted by molar-refractivity contribution is 0.540. The summed E-state index contributed by atoms with van der Waals surface area (Å²) in [6, 6.07) is 3.62. The van der Waals surface area contributed by atoms with Gasteiger partial charge in [0.25, 0.3) is 0 Å². The van der Waals surface area contributed by atoms with E-state index in [0.717, 1.165) is 16.7 Å². The van der Waals surface area contributed by atoms with Gasteiger partial charge in [0, 0.05) is 0 Å². The molecule has 15 heavy (non-hydrogen) atoms. The van der Waals surface area contributed by atoms with Gasteiger partial charge in [0.2, 0.25) is 0 Å². The van der Waals surface area contributed by atoms with E-state index in [4.69, 9.17) is 0 Å². The van der Waals surface area contributed by atoms with Gasteiger partial charge in [0.15, 0.2) is 0 Å². The number of rotatable bonds is 2. The monoisotopic (exact) mass is 230 g/mol. The minimum absolute atomic E-state index is 0.542. The summed E-state index contributed by atoms with van der Waals surface area (Å²) in [5.41, 5.74) is 3.42. The first-order valence-electron chi connectivity index (χ1n) is 4.74. The van der Waals surface area contributed by atoms with Crippen molar-refractivity contribution < 1.29 is 12.3 Å². The average molecular weight is 230 g/mol. The molecule has 0 N–H and O–H groups in total. The summed E-state index contributed by atoms with van der Waals surface area (Å²) in [6.07, 6.45) is 0. The minimum Gasteiger partial charge on any atom is -0.194 e. The number of halogens is 1. The van der Waals surface area contributed by atoms with Gasteiger partial charge in [-0.25, -0.2) is 0 Å². The van der Waals surface area contributed by atoms with Crippen molar-refractivity contribution in [1.82, 2.24) is 0 Å². The van der Waals surface area contributed by atoms with Crippen molar-refractivity contribution in [3.05, 3.63) is 34.4 Å². The standard InChI is InChI=1S/C11H15FO2S/c1-7-5-9(3)11(6-8(7)2)10(4)15(12,13)14/h5-6,10H,1-4H3. The van der Waals surface area contributed by atoms with E-state index in [0.29, 0.717) is 5.56 Å². The summed E-state index contributed by atoms with van der Waals surface area (Å²) in [4.78, 5) is 0. The molecular formula is C11H15FO2S. The molecular weight excluding hydrogens is 215 g/mol. The van der Waals surface area contributed by atoms with Crippen LogP contribution in [0.4, 0.5) is 3.89 Å². The molecule has 0 radical (unpaired) electrons. The van der Waals surface area contributed by atoms with Crippen LogP contribution in [0.25, 0.3) is 0 Å². The zero-order chi connectivity index (χ0) is 11.8. The van der Waals surface area contributed by atoms with Crippen molar-refractivity contribution in [2.45, 2.75) is 32.9 Å². The normalized spacial score (nSPS) is 13.9. The highest BCUT2D eigenvalue weighted by atomic mass is 32.3. The second-order valence-electron chi connectivity index (χ2n) is 3.91. The van der Waals surface area contributed by atoms with Gasteiger partial charge < -0.3 is 0 Å². The second kappa shape index (κ2) is 3.93. The van der Waals surface area contributed by atoms with Crippen molar-refractivity contribution in [3.63, 3.8) is 0 Å². The SMILES string of the molecule is Cc1cc(C)c(C(C)S(=O)(=O)F)cc1C. The fourth-order valence-electron chi connectivity index (χ4n) is 1.57. The summed E-state index contributed by atoms with van der Waals surface area (Å²) in [5, 5.41) is -1.09. The van der Waals surface area contributed by atoms with Crippen LogP contribution >= 0.6 is 0 Å². The first-order chi connectivity index (χ1) is 6.73. The molecule has 0 bridgehead atoms. The maximum absolute atomic E-state index is 12.9. The van der Waals surface area contributed by atoms with Crippen molar-refractivity contribution in [3.8, 4) is 0 Å². The van der Waals surface area contributed by atoms with Crippen LogP contribution in [0.2, 0.25) is 0 Å². The lowest BCUT2D eigenvalue weighted by Gasteiger charge is -2.13. The van der Waals surface area contributed by atoms with Gasteiger partial charge in [0.05, 0.1) is 0 Å². The minimum atomic E-state index is -4.51. The van der Waals surface area contributed by atoms with Crippen LogP contribution in [0.5, 0.6) is 0 Å². The Labute approximate surface area is 90.3 Å². The smallest absolute Gasteiger partial charge is 0.194 e. The van der Waals surface area contributed by atoms with E-state index in [1.165, 1.54) is 6.92 Å². The van der Waals surface area contributed by atoms with Gasteiger partial charge in [-0.1, -0.05) is 12.1 Å². The van der Waals surface area contributed by atoms with E-state index in [1.807, 2.05) is 19.9 Å². The topological polar surface area (TPSA) is 34.1 Å². The maximum Gasteiger partial charge on any atom is 0.309 e. The molecule has 1 atom stereocenters. The van der Waals surface area contributed by atoms with Gasteiger partial charge in [-0.2, -0.15) is 8.42 Å². The molecule has 2 nitrogen and oxygen atoms in total. The molecule has 0 amide bonds. The number of hydrogen-bond acceptors (Lipinski definition) is 2. The third kappa shape index (κ3) is 2.56. The Balaban J connectivity index is 3.33. The van der Waals surface area contributed by atoms with Gasteiger partial charge >= 0.3 is 10.2 Å². The number of hydrogen-bond donors (Lipinski definition) is 0. The Kier molecular flexibility index (Phi) is 3.19. The summed E-state index contributed by atoms with van der Waals surface area (Å²) < 4.78 is 34.5. The van der Waals surface area contributed by atoms with Gasteiger partial charge in [-0.3, -0.25) is 0 Å². The molecule has 4 heteroatoms. The predicted molar refractivity (Wildman–Crippen MR) is 59.1 cm³/mol. The molecule has 0 aliphatic carbocycles. The summed E-state index contributed by atoms with van der Waals surface area (Å²) in [7, 11) is -4.51. The highest BCUT2D eigenvalue weighted by Crippen LogP contribution is 2.28. The van der Waals surface area contributed by atoms with E-state index in [-0.39, 0.29) is 0 Å². The Bertz CT molecular complexity index is 478. The van der Waals surface area contributed by atoms with Gasteiger partial charge in [0.1, 0.15) is 5.25 Å². The van der Waals surface area contributed by atoms with Crippen LogP contribution in [0, 0.1) is 20.8 Å². The Morgan fingerprint density at radius 2 is 1.53 bits per heavy atom. The molecule has 0 fully saturated rings. The van der Waals surface area contributed by atoms with Crippen molar-refractivity contribution in [1.29, 1.82) is 0 Å². The lowest BCUT2D eigenvalue weighted by atomic mass is 9.99. The third-order valence-electron chi connectivity index (χ3n) is 2.74. The van der Waals surface area contributed by atoms with Crippen molar-refractivity contribution in [2.24, 2.45) is 0 Å². The van der Waals surface area contributed by atoms with E-state index in [2.05, 4.69) is 0 Å². The van der Waals surface area contributed by atoms with E-state index in [9.17, 15) is 12.3 Å². The summed E-state index contributed by atoms with van der Waals surface area (Å²) in [6.45, 7) is 6.99. The zero-order valence-corrected chi connectivity index (χ0v) is 10.2. The summed E-state index contributed by atoms with van der Waals surface area (Å²) >= 11 is 0. The number of aryl methyl sites for hydroxylation is 3. The van der Waals surface area contributed by atoms with Crippen LogP contribution in [-0.2, 0) is 10.2 Å². The van der Waals surface area contributed by atoms with Crippen LogP contribution in [0.3, 0.4) is 0 Å². The van der Waals surface area contributed by atoms with Crippen LogP contribution in [0.1, 0.15) is 34.4 Å². The Hall–Kier alpha value is -0.900. The molecule has 84 valence electrons. The van der Waals surface area contributed by atoms with Gasteiger partial charge in [-0.05, 0) is 49.9 Å². The van der Waals surface area contributed by atoms with E-state index >= 15 is 0 Å². The van der Waals surface area contributed by atoms with E-state index < -0.39 is 15.5 Å². The van der Waals surface area contributed by atoms with Crippen LogP contribution < -0.4 is 0 Å². The fraction of sp³-hybridized carbons (Fsp3) is 0.455. The average Bonchev–Trinajstić information content (AvgIpc) is 2.08. The molecule has 1 aromatic carbocycles. The molecule has 0 aromatic heterocycles. The van der Waals surface area contributed by atoms with Crippen LogP contribution in [0.15, 0.2) is 12.1 Å². The predicted octanol–water partition coefficient (Wildman–Crippen LogP) is 2.97. The van der Waals surface area contributed by atoms with Crippen molar-refractivity contribution in [2.75, 3.05) is 0 Å².